The van der Waals surface area contributed by atoms with Crippen LogP contribution in [0, 0.1) is 5.41 Å². The van der Waals surface area contributed by atoms with E-state index in [0.29, 0.717) is 6.54 Å². The maximum absolute atomic E-state index is 10.0. The first kappa shape index (κ1) is 12.0. The Morgan fingerprint density at radius 3 is 2.79 bits per heavy atom. The lowest BCUT2D eigenvalue weighted by Gasteiger charge is -2.42. The van der Waals surface area contributed by atoms with E-state index in [1.807, 2.05) is 6.92 Å². The van der Waals surface area contributed by atoms with Crippen molar-refractivity contribution in [1.82, 2.24) is 0 Å². The summed E-state index contributed by atoms with van der Waals surface area (Å²) in [5.41, 5.74) is 5.73. The summed E-state index contributed by atoms with van der Waals surface area (Å²) in [5, 5.41) is 10.0. The van der Waals surface area contributed by atoms with Crippen molar-refractivity contribution in [1.29, 1.82) is 0 Å². The van der Waals surface area contributed by atoms with E-state index < -0.39 is 0 Å². The number of hydrogen-bond acceptors (Lipinski definition) is 3. The lowest BCUT2D eigenvalue weighted by atomic mass is 9.68. The minimum atomic E-state index is -0.237. The molecule has 1 saturated carbocycles. The highest BCUT2D eigenvalue weighted by atomic mass is 16.5. The molecule has 0 heterocycles. The van der Waals surface area contributed by atoms with Crippen molar-refractivity contribution in [3.05, 3.63) is 0 Å². The Hall–Kier alpha value is -0.120. The average Bonchev–Trinajstić information content (AvgIpc) is 2.21. The first-order valence-electron chi connectivity index (χ1n) is 5.55. The SMILES string of the molecule is COC(C)CC1(CN)CCCCC1O. The van der Waals surface area contributed by atoms with E-state index in [1.54, 1.807) is 7.11 Å². The average molecular weight is 201 g/mol. The molecule has 0 aliphatic heterocycles. The van der Waals surface area contributed by atoms with Crippen molar-refractivity contribution >= 4 is 0 Å². The Bertz CT molecular complexity index is 175. The fourth-order valence-electron chi connectivity index (χ4n) is 2.50. The molecule has 3 heteroatoms. The van der Waals surface area contributed by atoms with E-state index in [0.717, 1.165) is 25.7 Å². The first-order valence-corrected chi connectivity index (χ1v) is 5.55. The third-order valence-electron chi connectivity index (χ3n) is 3.61. The summed E-state index contributed by atoms with van der Waals surface area (Å²) in [6.45, 7) is 2.61. The molecule has 0 saturated heterocycles. The molecule has 0 radical (unpaired) electrons. The summed E-state index contributed by atoms with van der Waals surface area (Å²) in [6.07, 6.45) is 5.08. The van der Waals surface area contributed by atoms with Crippen molar-refractivity contribution < 1.29 is 9.84 Å². The van der Waals surface area contributed by atoms with E-state index in [4.69, 9.17) is 10.5 Å². The molecule has 84 valence electrons. The van der Waals surface area contributed by atoms with Crippen LogP contribution in [0.2, 0.25) is 0 Å². The number of aliphatic hydroxyl groups is 1. The summed E-state index contributed by atoms with van der Waals surface area (Å²) < 4.78 is 5.26. The van der Waals surface area contributed by atoms with Gasteiger partial charge in [-0.25, -0.2) is 0 Å². The highest BCUT2D eigenvalue weighted by Gasteiger charge is 2.39. The van der Waals surface area contributed by atoms with E-state index >= 15 is 0 Å². The van der Waals surface area contributed by atoms with Gasteiger partial charge in [0.1, 0.15) is 0 Å². The molecular weight excluding hydrogens is 178 g/mol. The summed E-state index contributed by atoms with van der Waals surface area (Å²) in [5.74, 6) is 0. The Kier molecular flexibility index (Phi) is 4.35. The molecular formula is C11H23NO2. The molecule has 3 N–H and O–H groups in total. The second-order valence-corrected chi connectivity index (χ2v) is 4.58. The van der Waals surface area contributed by atoms with Gasteiger partial charge >= 0.3 is 0 Å². The normalized spacial score (nSPS) is 35.6. The highest BCUT2D eigenvalue weighted by molar-refractivity contribution is 4.92. The largest absolute Gasteiger partial charge is 0.392 e. The Morgan fingerprint density at radius 2 is 2.29 bits per heavy atom. The molecule has 0 aromatic rings. The Labute approximate surface area is 86.6 Å². The number of ether oxygens (including phenoxy) is 1. The van der Waals surface area contributed by atoms with E-state index in [9.17, 15) is 5.11 Å². The molecule has 0 amide bonds. The zero-order valence-corrected chi connectivity index (χ0v) is 9.33. The van der Waals surface area contributed by atoms with E-state index in [1.165, 1.54) is 6.42 Å². The van der Waals surface area contributed by atoms with Gasteiger partial charge in [-0.2, -0.15) is 0 Å². The van der Waals surface area contributed by atoms with Gasteiger partial charge in [0.05, 0.1) is 12.2 Å². The minimum absolute atomic E-state index is 0.0896. The Morgan fingerprint density at radius 1 is 1.57 bits per heavy atom. The number of rotatable bonds is 4. The van der Waals surface area contributed by atoms with Crippen LogP contribution in [-0.2, 0) is 4.74 Å². The third-order valence-corrected chi connectivity index (χ3v) is 3.61. The quantitative estimate of drug-likeness (QED) is 0.720. The topological polar surface area (TPSA) is 55.5 Å². The summed E-state index contributed by atoms with van der Waals surface area (Å²) in [6, 6.07) is 0. The number of hydrogen-bond donors (Lipinski definition) is 2. The fraction of sp³-hybridized carbons (Fsp3) is 1.00. The molecule has 1 rings (SSSR count). The highest BCUT2D eigenvalue weighted by Crippen LogP contribution is 2.39. The molecule has 1 fully saturated rings. The van der Waals surface area contributed by atoms with Crippen LogP contribution in [0.15, 0.2) is 0 Å². The fourth-order valence-corrected chi connectivity index (χ4v) is 2.50. The van der Waals surface area contributed by atoms with Crippen LogP contribution in [-0.4, -0.2) is 31.0 Å². The predicted molar refractivity (Wildman–Crippen MR) is 57.1 cm³/mol. The lowest BCUT2D eigenvalue weighted by molar-refractivity contribution is -0.0427. The molecule has 0 aromatic carbocycles. The van der Waals surface area contributed by atoms with Crippen molar-refractivity contribution in [2.24, 2.45) is 11.1 Å². The van der Waals surface area contributed by atoms with E-state index in [-0.39, 0.29) is 17.6 Å². The van der Waals surface area contributed by atoms with Crippen molar-refractivity contribution in [2.75, 3.05) is 13.7 Å². The Balaban J connectivity index is 2.62. The van der Waals surface area contributed by atoms with Crippen molar-refractivity contribution in [2.45, 2.75) is 51.2 Å². The second kappa shape index (κ2) is 5.10. The summed E-state index contributed by atoms with van der Waals surface area (Å²) >= 11 is 0. The molecule has 3 unspecified atom stereocenters. The number of aliphatic hydroxyl groups excluding tert-OH is 1. The van der Waals surface area contributed by atoms with Gasteiger partial charge in [-0.3, -0.25) is 0 Å². The lowest BCUT2D eigenvalue weighted by Crippen LogP contribution is -2.46. The van der Waals surface area contributed by atoms with Crippen LogP contribution in [0.4, 0.5) is 0 Å². The van der Waals surface area contributed by atoms with Gasteiger partial charge in [-0.05, 0) is 26.2 Å². The van der Waals surface area contributed by atoms with Crippen LogP contribution < -0.4 is 5.73 Å². The molecule has 14 heavy (non-hydrogen) atoms. The second-order valence-electron chi connectivity index (χ2n) is 4.58. The van der Waals surface area contributed by atoms with Gasteiger partial charge in [0, 0.05) is 19.1 Å². The zero-order valence-electron chi connectivity index (χ0n) is 9.33. The van der Waals surface area contributed by atoms with Crippen molar-refractivity contribution in [3.8, 4) is 0 Å². The van der Waals surface area contributed by atoms with Crippen LogP contribution in [0.1, 0.15) is 39.0 Å². The van der Waals surface area contributed by atoms with Crippen LogP contribution in [0.5, 0.6) is 0 Å². The van der Waals surface area contributed by atoms with Gasteiger partial charge in [-0.1, -0.05) is 12.8 Å². The zero-order chi connectivity index (χ0) is 10.6. The molecule has 0 bridgehead atoms. The standard InChI is InChI=1S/C11H23NO2/c1-9(14-2)7-11(8-12)6-4-3-5-10(11)13/h9-10,13H,3-8,12H2,1-2H3. The molecule has 1 aliphatic carbocycles. The molecule has 3 atom stereocenters. The first-order chi connectivity index (χ1) is 6.64. The van der Waals surface area contributed by atoms with Gasteiger partial charge in [-0.15, -0.1) is 0 Å². The molecule has 0 spiro atoms. The van der Waals surface area contributed by atoms with E-state index in [2.05, 4.69) is 0 Å². The minimum Gasteiger partial charge on any atom is -0.392 e. The van der Waals surface area contributed by atoms with Gasteiger partial charge in [0.25, 0.3) is 0 Å². The smallest absolute Gasteiger partial charge is 0.0609 e. The van der Waals surface area contributed by atoms with Crippen molar-refractivity contribution in [3.63, 3.8) is 0 Å². The molecule has 0 aromatic heterocycles. The number of nitrogens with two attached hydrogens (primary N) is 1. The van der Waals surface area contributed by atoms with Gasteiger partial charge in [0.15, 0.2) is 0 Å². The van der Waals surface area contributed by atoms with Crippen LogP contribution >= 0.6 is 0 Å². The maximum Gasteiger partial charge on any atom is 0.0609 e. The van der Waals surface area contributed by atoms with Gasteiger partial charge < -0.3 is 15.6 Å². The third kappa shape index (κ3) is 2.47. The molecule has 3 nitrogen and oxygen atoms in total. The maximum atomic E-state index is 10.0. The summed E-state index contributed by atoms with van der Waals surface area (Å²) in [7, 11) is 1.71. The number of methoxy groups -OCH3 is 1. The summed E-state index contributed by atoms with van der Waals surface area (Å²) in [4.78, 5) is 0. The van der Waals surface area contributed by atoms with Crippen LogP contribution in [0.3, 0.4) is 0 Å². The monoisotopic (exact) mass is 201 g/mol. The van der Waals surface area contributed by atoms with Gasteiger partial charge in [0.2, 0.25) is 0 Å². The molecule has 1 aliphatic rings. The van der Waals surface area contributed by atoms with Crippen LogP contribution in [0.25, 0.3) is 0 Å². The predicted octanol–water partition coefficient (Wildman–Crippen LogP) is 1.29.